The molecule has 0 aliphatic carbocycles. The summed E-state index contributed by atoms with van der Waals surface area (Å²) in [6.45, 7) is 1.65. The average molecular weight is 480 g/mol. The van der Waals surface area contributed by atoms with E-state index in [-0.39, 0.29) is 11.9 Å². The Morgan fingerprint density at radius 3 is 2.41 bits per heavy atom. The molecule has 0 radical (unpaired) electrons. The van der Waals surface area contributed by atoms with Crippen molar-refractivity contribution in [3.63, 3.8) is 0 Å². The van der Waals surface area contributed by atoms with Gasteiger partial charge >= 0.3 is 6.03 Å². The second kappa shape index (κ2) is 10.5. The van der Waals surface area contributed by atoms with E-state index in [9.17, 15) is 9.59 Å². The Kier molecular flexibility index (Phi) is 7.23. The Morgan fingerprint density at radius 2 is 1.71 bits per heavy atom. The van der Waals surface area contributed by atoms with Crippen LogP contribution in [-0.2, 0) is 6.54 Å². The largest absolute Gasteiger partial charge is 0.497 e. The predicted molar refractivity (Wildman–Crippen MR) is 133 cm³/mol. The Bertz CT molecular complexity index is 1180. The van der Waals surface area contributed by atoms with Gasteiger partial charge in [-0.15, -0.1) is 0 Å². The minimum Gasteiger partial charge on any atom is -0.497 e. The zero-order chi connectivity index (χ0) is 24.1. The van der Waals surface area contributed by atoms with Gasteiger partial charge in [0.05, 0.1) is 25.6 Å². The number of hydrogen-bond donors (Lipinski definition) is 1. The highest BCUT2D eigenvalue weighted by atomic mass is 35.5. The van der Waals surface area contributed by atoms with Crippen molar-refractivity contribution < 1.29 is 19.1 Å². The quantitative estimate of drug-likeness (QED) is 0.489. The molecule has 0 bridgehead atoms. The van der Waals surface area contributed by atoms with Crippen molar-refractivity contribution in [2.24, 2.45) is 0 Å². The first-order chi connectivity index (χ1) is 16.5. The van der Waals surface area contributed by atoms with E-state index in [2.05, 4.69) is 5.32 Å². The van der Waals surface area contributed by atoms with Gasteiger partial charge in [0.25, 0.3) is 5.91 Å². The van der Waals surface area contributed by atoms with Crippen LogP contribution in [0.5, 0.6) is 11.5 Å². The summed E-state index contributed by atoms with van der Waals surface area (Å²) in [4.78, 5) is 29.8. The second-order valence-corrected chi connectivity index (χ2v) is 8.34. The van der Waals surface area contributed by atoms with Crippen molar-refractivity contribution in [2.45, 2.75) is 13.0 Å². The van der Waals surface area contributed by atoms with Gasteiger partial charge in [-0.3, -0.25) is 9.69 Å². The van der Waals surface area contributed by atoms with E-state index < -0.39 is 0 Å². The van der Waals surface area contributed by atoms with Crippen molar-refractivity contribution in [2.75, 3.05) is 37.5 Å². The van der Waals surface area contributed by atoms with Gasteiger partial charge in [0.15, 0.2) is 0 Å². The van der Waals surface area contributed by atoms with Crippen molar-refractivity contribution in [3.05, 3.63) is 82.9 Å². The minimum absolute atomic E-state index is 0.128. The lowest BCUT2D eigenvalue weighted by atomic mass is 10.1. The molecule has 1 N–H and O–H groups in total. The summed E-state index contributed by atoms with van der Waals surface area (Å²) in [6, 6.07) is 19.5. The number of hydrogen-bond acceptors (Lipinski definition) is 4. The molecule has 1 heterocycles. The van der Waals surface area contributed by atoms with Crippen LogP contribution in [0.3, 0.4) is 0 Å². The van der Waals surface area contributed by atoms with Crippen LogP contribution in [0.4, 0.5) is 16.2 Å². The van der Waals surface area contributed by atoms with Crippen molar-refractivity contribution in [1.82, 2.24) is 4.90 Å². The first kappa shape index (κ1) is 23.4. The Balaban J connectivity index is 1.58. The fourth-order valence-electron chi connectivity index (χ4n) is 3.92. The zero-order valence-electron chi connectivity index (χ0n) is 19.1. The van der Waals surface area contributed by atoms with E-state index in [4.69, 9.17) is 21.1 Å². The SMILES string of the molecule is COc1ccc(C(=O)Nc2cc(OC)ccc2N2CCCN(Cc3cccc(Cl)c3)C2=O)cc1. The number of halogens is 1. The highest BCUT2D eigenvalue weighted by Crippen LogP contribution is 2.33. The number of nitrogens with zero attached hydrogens (tertiary/aromatic N) is 2. The molecule has 0 aromatic heterocycles. The molecule has 7 nitrogen and oxygen atoms in total. The summed E-state index contributed by atoms with van der Waals surface area (Å²) in [5.41, 5.74) is 2.55. The van der Waals surface area contributed by atoms with Crippen LogP contribution in [0.25, 0.3) is 0 Å². The smallest absolute Gasteiger partial charge is 0.324 e. The molecule has 8 heteroatoms. The summed E-state index contributed by atoms with van der Waals surface area (Å²) in [7, 11) is 3.13. The number of anilines is 2. The number of urea groups is 1. The number of amides is 3. The lowest BCUT2D eigenvalue weighted by Gasteiger charge is -2.36. The maximum absolute atomic E-state index is 13.4. The maximum Gasteiger partial charge on any atom is 0.324 e. The van der Waals surface area contributed by atoms with Crippen molar-refractivity contribution in [1.29, 1.82) is 0 Å². The van der Waals surface area contributed by atoms with Gasteiger partial charge in [0.2, 0.25) is 0 Å². The number of benzene rings is 3. The Hall–Kier alpha value is -3.71. The second-order valence-electron chi connectivity index (χ2n) is 7.90. The summed E-state index contributed by atoms with van der Waals surface area (Å²) < 4.78 is 10.5. The molecule has 34 heavy (non-hydrogen) atoms. The molecule has 0 atom stereocenters. The topological polar surface area (TPSA) is 71.1 Å². The monoisotopic (exact) mass is 479 g/mol. The van der Waals surface area contributed by atoms with Gasteiger partial charge in [-0.1, -0.05) is 23.7 Å². The highest BCUT2D eigenvalue weighted by molar-refractivity contribution is 6.30. The molecule has 4 rings (SSSR count). The number of carbonyl (C=O) groups excluding carboxylic acids is 2. The molecular formula is C26H26ClN3O4. The minimum atomic E-state index is -0.294. The fourth-order valence-corrected chi connectivity index (χ4v) is 4.13. The molecule has 0 spiro atoms. The van der Waals surface area contributed by atoms with Gasteiger partial charge in [-0.2, -0.15) is 0 Å². The Morgan fingerprint density at radius 1 is 0.971 bits per heavy atom. The first-order valence-electron chi connectivity index (χ1n) is 10.9. The molecule has 1 saturated heterocycles. The Labute approximate surface area is 203 Å². The molecule has 1 fully saturated rings. The number of carbonyl (C=O) groups is 2. The number of rotatable bonds is 7. The van der Waals surface area contributed by atoms with Gasteiger partial charge in [-0.25, -0.2) is 4.79 Å². The van der Waals surface area contributed by atoms with E-state index in [1.165, 1.54) is 0 Å². The van der Waals surface area contributed by atoms with E-state index in [0.717, 1.165) is 12.0 Å². The van der Waals surface area contributed by atoms with Crippen LogP contribution in [-0.4, -0.2) is 44.1 Å². The number of methoxy groups -OCH3 is 2. The number of nitrogens with one attached hydrogen (secondary N) is 1. The molecule has 3 aromatic carbocycles. The lowest BCUT2D eigenvalue weighted by molar-refractivity contribution is 0.102. The molecule has 1 aliphatic rings. The van der Waals surface area contributed by atoms with Gasteiger partial charge in [0, 0.05) is 36.3 Å². The first-order valence-corrected chi connectivity index (χ1v) is 11.3. The molecule has 1 aliphatic heterocycles. The van der Waals surface area contributed by atoms with E-state index in [1.807, 2.05) is 24.3 Å². The molecule has 3 aromatic rings. The van der Waals surface area contributed by atoms with Crippen LogP contribution in [0.1, 0.15) is 22.3 Å². The third-order valence-electron chi connectivity index (χ3n) is 5.67. The highest BCUT2D eigenvalue weighted by Gasteiger charge is 2.29. The third kappa shape index (κ3) is 5.26. The normalized spacial score (nSPS) is 13.6. The maximum atomic E-state index is 13.4. The van der Waals surface area contributed by atoms with Gasteiger partial charge < -0.3 is 19.7 Å². The zero-order valence-corrected chi connectivity index (χ0v) is 19.8. The number of ether oxygens (including phenoxy) is 2. The summed E-state index contributed by atoms with van der Waals surface area (Å²) >= 11 is 6.12. The van der Waals surface area contributed by atoms with Crippen molar-refractivity contribution in [3.8, 4) is 11.5 Å². The van der Waals surface area contributed by atoms with Gasteiger partial charge in [0.1, 0.15) is 11.5 Å². The lowest BCUT2D eigenvalue weighted by Crippen LogP contribution is -2.49. The molecular weight excluding hydrogens is 454 g/mol. The predicted octanol–water partition coefficient (Wildman–Crippen LogP) is 5.44. The van der Waals surface area contributed by atoms with Gasteiger partial charge in [-0.05, 0) is 60.5 Å². The third-order valence-corrected chi connectivity index (χ3v) is 5.90. The molecule has 176 valence electrons. The van der Waals surface area contributed by atoms with Crippen LogP contribution < -0.4 is 19.7 Å². The van der Waals surface area contributed by atoms with Crippen LogP contribution in [0.2, 0.25) is 5.02 Å². The van der Waals surface area contributed by atoms with Crippen LogP contribution >= 0.6 is 11.6 Å². The summed E-state index contributed by atoms with van der Waals surface area (Å²) in [5.74, 6) is 0.948. The molecule has 0 unspecified atom stereocenters. The average Bonchev–Trinajstić information content (AvgIpc) is 2.85. The van der Waals surface area contributed by atoms with Crippen molar-refractivity contribution >= 4 is 34.9 Å². The van der Waals surface area contributed by atoms with Crippen LogP contribution in [0.15, 0.2) is 66.7 Å². The van der Waals surface area contributed by atoms with E-state index >= 15 is 0 Å². The van der Waals surface area contributed by atoms with Crippen LogP contribution in [0, 0.1) is 0 Å². The summed E-state index contributed by atoms with van der Waals surface area (Å²) in [6.07, 6.45) is 0.796. The summed E-state index contributed by atoms with van der Waals surface area (Å²) in [5, 5.41) is 3.58. The van der Waals surface area contributed by atoms with E-state index in [0.29, 0.717) is 53.1 Å². The fraction of sp³-hybridized carbons (Fsp3) is 0.231. The standard InChI is InChI=1S/C26H26ClN3O4/c1-33-21-9-7-19(8-10-21)25(31)28-23-16-22(34-2)11-12-24(23)30-14-4-13-29(26(30)32)17-18-5-3-6-20(27)15-18/h3,5-12,15-16H,4,13-14,17H2,1-2H3,(H,28,31). The van der Waals surface area contributed by atoms with E-state index in [1.54, 1.807) is 66.5 Å². The molecule has 3 amide bonds. The molecule has 0 saturated carbocycles.